The van der Waals surface area contributed by atoms with Crippen molar-refractivity contribution in [2.45, 2.75) is 78.0 Å². The first-order chi connectivity index (χ1) is 14.2. The summed E-state index contributed by atoms with van der Waals surface area (Å²) in [5.74, 6) is 1.83. The molecule has 0 aromatic heterocycles. The normalized spacial score (nSPS) is 34.3. The van der Waals surface area contributed by atoms with E-state index in [-0.39, 0.29) is 5.54 Å². The summed E-state index contributed by atoms with van der Waals surface area (Å²) in [7, 11) is 0. The van der Waals surface area contributed by atoms with Gasteiger partial charge in [-0.05, 0) is 86.0 Å². The van der Waals surface area contributed by atoms with Crippen molar-refractivity contribution in [3.63, 3.8) is 0 Å². The second-order valence-electron chi connectivity index (χ2n) is 11.3. The maximum Gasteiger partial charge on any atom is 0.124 e. The van der Waals surface area contributed by atoms with Crippen LogP contribution in [0.4, 0.5) is 0 Å². The van der Waals surface area contributed by atoms with Crippen LogP contribution < -0.4 is 10.1 Å². The van der Waals surface area contributed by atoms with Crippen LogP contribution in [0.3, 0.4) is 0 Å². The minimum absolute atomic E-state index is 0.277. The number of halogens is 1. The van der Waals surface area contributed by atoms with E-state index in [1.54, 1.807) is 0 Å². The van der Waals surface area contributed by atoms with E-state index in [4.69, 9.17) is 16.3 Å². The first kappa shape index (κ1) is 20.4. The van der Waals surface area contributed by atoms with Crippen molar-refractivity contribution in [1.82, 2.24) is 5.32 Å². The molecule has 2 aromatic carbocycles. The molecule has 2 aromatic rings. The Bertz CT molecular complexity index is 936. The third kappa shape index (κ3) is 4.01. The third-order valence-corrected chi connectivity index (χ3v) is 8.01. The van der Waals surface area contributed by atoms with Crippen LogP contribution in [0.2, 0.25) is 5.02 Å². The SMILES string of the molecule is Cc1cccc(COc2ccc(Cl)cc2CNC23CC4CC(C)(CC(C)(C4)C2)C3)c1. The molecule has 160 valence electrons. The lowest BCUT2D eigenvalue weighted by atomic mass is 9.43. The van der Waals surface area contributed by atoms with Gasteiger partial charge in [0.25, 0.3) is 0 Å². The van der Waals surface area contributed by atoms with Crippen LogP contribution in [0, 0.1) is 23.7 Å². The Morgan fingerprint density at radius 1 is 1.00 bits per heavy atom. The molecule has 2 unspecified atom stereocenters. The summed E-state index contributed by atoms with van der Waals surface area (Å²) in [6.07, 6.45) is 8.21. The van der Waals surface area contributed by atoms with Crippen LogP contribution in [0.25, 0.3) is 0 Å². The largest absolute Gasteiger partial charge is 0.489 e. The maximum absolute atomic E-state index is 6.37. The van der Waals surface area contributed by atoms with Crippen LogP contribution in [0.5, 0.6) is 5.75 Å². The van der Waals surface area contributed by atoms with Crippen molar-refractivity contribution < 1.29 is 4.74 Å². The van der Waals surface area contributed by atoms with Gasteiger partial charge < -0.3 is 10.1 Å². The summed E-state index contributed by atoms with van der Waals surface area (Å²) in [6, 6.07) is 14.5. The van der Waals surface area contributed by atoms with E-state index in [1.165, 1.54) is 55.2 Å². The molecule has 4 bridgehead atoms. The molecule has 0 amide bonds. The third-order valence-electron chi connectivity index (χ3n) is 7.78. The highest BCUT2D eigenvalue weighted by molar-refractivity contribution is 6.30. The number of aryl methyl sites for hydroxylation is 1. The Morgan fingerprint density at radius 3 is 2.47 bits per heavy atom. The van der Waals surface area contributed by atoms with Gasteiger partial charge in [0.2, 0.25) is 0 Å². The van der Waals surface area contributed by atoms with Gasteiger partial charge in [-0.2, -0.15) is 0 Å². The Hall–Kier alpha value is -1.51. The van der Waals surface area contributed by atoms with E-state index in [9.17, 15) is 0 Å². The van der Waals surface area contributed by atoms with Crippen molar-refractivity contribution in [2.75, 3.05) is 0 Å². The van der Waals surface area contributed by atoms with Crippen LogP contribution in [-0.2, 0) is 13.2 Å². The van der Waals surface area contributed by atoms with E-state index in [0.29, 0.717) is 17.4 Å². The molecule has 1 N–H and O–H groups in total. The number of ether oxygens (including phenoxy) is 1. The summed E-state index contributed by atoms with van der Waals surface area (Å²) < 4.78 is 6.25. The number of hydrogen-bond acceptors (Lipinski definition) is 2. The quantitative estimate of drug-likeness (QED) is 0.536. The fourth-order valence-corrected chi connectivity index (χ4v) is 7.91. The molecule has 2 nitrogen and oxygen atoms in total. The fraction of sp³-hybridized carbons (Fsp3) is 0.556. The van der Waals surface area contributed by atoms with Crippen molar-refractivity contribution in [1.29, 1.82) is 0 Å². The second kappa shape index (κ2) is 7.28. The van der Waals surface area contributed by atoms with Gasteiger partial charge in [-0.3, -0.25) is 0 Å². The lowest BCUT2D eigenvalue weighted by Gasteiger charge is -2.65. The highest BCUT2D eigenvalue weighted by Crippen LogP contribution is 2.66. The summed E-state index contributed by atoms with van der Waals surface area (Å²) >= 11 is 6.37. The van der Waals surface area contributed by atoms with Crippen LogP contribution in [0.15, 0.2) is 42.5 Å². The summed E-state index contributed by atoms with van der Waals surface area (Å²) in [5.41, 5.74) is 4.93. The molecule has 6 rings (SSSR count). The Morgan fingerprint density at radius 2 is 1.77 bits per heavy atom. The monoisotopic (exact) mass is 423 g/mol. The molecule has 4 fully saturated rings. The van der Waals surface area contributed by atoms with E-state index < -0.39 is 0 Å². The van der Waals surface area contributed by atoms with E-state index in [0.717, 1.165) is 23.2 Å². The first-order valence-corrected chi connectivity index (χ1v) is 11.8. The number of hydrogen-bond donors (Lipinski definition) is 1. The topological polar surface area (TPSA) is 21.3 Å². The predicted molar refractivity (Wildman–Crippen MR) is 124 cm³/mol. The van der Waals surface area contributed by atoms with Crippen molar-refractivity contribution in [2.24, 2.45) is 16.7 Å². The maximum atomic E-state index is 6.37. The molecular formula is C27H34ClNO. The molecule has 4 saturated carbocycles. The Labute approximate surface area is 186 Å². The molecule has 4 aliphatic carbocycles. The lowest BCUT2D eigenvalue weighted by molar-refractivity contribution is -0.118. The standard InChI is InChI=1S/C27H34ClNO/c1-19-5-4-6-20(9-19)15-30-24-8-7-23(28)10-22(24)14-29-27-13-21-11-25(2,17-27)16-26(3,12-21)18-27/h4-10,21,29H,11-18H2,1-3H3. The molecule has 3 heteroatoms. The van der Waals surface area contributed by atoms with Crippen LogP contribution >= 0.6 is 11.6 Å². The highest BCUT2D eigenvalue weighted by atomic mass is 35.5. The molecule has 30 heavy (non-hydrogen) atoms. The Balaban J connectivity index is 1.32. The minimum Gasteiger partial charge on any atom is -0.489 e. The van der Waals surface area contributed by atoms with E-state index in [2.05, 4.69) is 56.4 Å². The van der Waals surface area contributed by atoms with Gasteiger partial charge in [-0.25, -0.2) is 0 Å². The van der Waals surface area contributed by atoms with E-state index in [1.807, 2.05) is 12.1 Å². The fourth-order valence-electron chi connectivity index (χ4n) is 7.72. The zero-order valence-electron chi connectivity index (χ0n) is 18.6. The van der Waals surface area contributed by atoms with Crippen molar-refractivity contribution in [3.8, 4) is 5.75 Å². The summed E-state index contributed by atoms with van der Waals surface area (Å²) in [6.45, 7) is 8.58. The van der Waals surface area contributed by atoms with Gasteiger partial charge in [0.1, 0.15) is 12.4 Å². The van der Waals surface area contributed by atoms with Gasteiger partial charge in [-0.1, -0.05) is 55.3 Å². The van der Waals surface area contributed by atoms with Gasteiger partial charge in [0.05, 0.1) is 0 Å². The Kier molecular flexibility index (Phi) is 4.95. The van der Waals surface area contributed by atoms with Crippen molar-refractivity contribution in [3.05, 3.63) is 64.2 Å². The second-order valence-corrected chi connectivity index (χ2v) is 11.7. The first-order valence-electron chi connectivity index (χ1n) is 11.5. The highest BCUT2D eigenvalue weighted by Gasteiger charge is 2.59. The zero-order chi connectivity index (χ0) is 21.0. The minimum atomic E-state index is 0.277. The molecular weight excluding hydrogens is 390 g/mol. The van der Waals surface area contributed by atoms with Crippen LogP contribution in [0.1, 0.15) is 69.1 Å². The average molecular weight is 424 g/mol. The smallest absolute Gasteiger partial charge is 0.124 e. The summed E-state index contributed by atoms with van der Waals surface area (Å²) in [5, 5.41) is 4.81. The molecule has 0 saturated heterocycles. The zero-order valence-corrected chi connectivity index (χ0v) is 19.3. The average Bonchev–Trinajstić information content (AvgIpc) is 2.63. The van der Waals surface area contributed by atoms with Gasteiger partial charge in [-0.15, -0.1) is 0 Å². The molecule has 2 atom stereocenters. The van der Waals surface area contributed by atoms with Crippen molar-refractivity contribution >= 4 is 11.6 Å². The number of benzene rings is 2. The summed E-state index contributed by atoms with van der Waals surface area (Å²) in [4.78, 5) is 0. The van der Waals surface area contributed by atoms with Gasteiger partial charge in [0.15, 0.2) is 0 Å². The molecule has 0 radical (unpaired) electrons. The van der Waals surface area contributed by atoms with Crippen LogP contribution in [-0.4, -0.2) is 5.54 Å². The number of rotatable bonds is 6. The van der Waals surface area contributed by atoms with E-state index >= 15 is 0 Å². The van der Waals surface area contributed by atoms with Gasteiger partial charge in [0, 0.05) is 22.7 Å². The molecule has 0 spiro atoms. The lowest BCUT2D eigenvalue weighted by Crippen LogP contribution is -2.63. The molecule has 0 aliphatic heterocycles. The molecule has 0 heterocycles. The van der Waals surface area contributed by atoms with Gasteiger partial charge >= 0.3 is 0 Å². The number of nitrogens with one attached hydrogen (secondary N) is 1. The molecule has 4 aliphatic rings. The predicted octanol–water partition coefficient (Wildman–Crippen LogP) is 7.07.